The Morgan fingerprint density at radius 2 is 2.00 bits per heavy atom. The summed E-state index contributed by atoms with van der Waals surface area (Å²) < 4.78 is 10.2. The fraction of sp³-hybridized carbons (Fsp3) is 0.909. The quantitative estimate of drug-likeness (QED) is 0.759. The summed E-state index contributed by atoms with van der Waals surface area (Å²) in [5.74, 6) is 0.503. The molecule has 1 fully saturated rings. The van der Waals surface area contributed by atoms with Crippen LogP contribution in [-0.2, 0) is 14.3 Å². The van der Waals surface area contributed by atoms with E-state index < -0.39 is 0 Å². The molecule has 2 unspecified atom stereocenters. The standard InChI is InChI=1S/C11H21NO3/c1-8(10-4-6-15-7-5-10)12-11(13)9(2)14-3/h8-10H,4-7H2,1-3H3,(H,12,13). The van der Waals surface area contributed by atoms with Gasteiger partial charge in [0.15, 0.2) is 0 Å². The van der Waals surface area contributed by atoms with E-state index in [0.29, 0.717) is 5.92 Å². The van der Waals surface area contributed by atoms with Crippen molar-refractivity contribution < 1.29 is 14.3 Å². The number of rotatable bonds is 4. The average Bonchev–Trinajstić information content (AvgIpc) is 2.29. The fourth-order valence-electron chi connectivity index (χ4n) is 1.78. The minimum absolute atomic E-state index is 0.0310. The zero-order valence-electron chi connectivity index (χ0n) is 9.79. The van der Waals surface area contributed by atoms with Crippen LogP contribution in [0, 0.1) is 5.92 Å². The largest absolute Gasteiger partial charge is 0.381 e. The Balaban J connectivity index is 2.33. The van der Waals surface area contributed by atoms with Gasteiger partial charge < -0.3 is 14.8 Å². The van der Waals surface area contributed by atoms with Gasteiger partial charge in [-0.15, -0.1) is 0 Å². The van der Waals surface area contributed by atoms with E-state index in [4.69, 9.17) is 9.47 Å². The number of hydrogen-bond donors (Lipinski definition) is 1. The Labute approximate surface area is 91.3 Å². The SMILES string of the molecule is COC(C)C(=O)NC(C)C1CCOCC1. The summed E-state index contributed by atoms with van der Waals surface area (Å²) >= 11 is 0. The van der Waals surface area contributed by atoms with Crippen molar-refractivity contribution in [3.05, 3.63) is 0 Å². The van der Waals surface area contributed by atoms with E-state index in [1.54, 1.807) is 14.0 Å². The Kier molecular flexibility index (Phi) is 5.05. The third-order valence-electron chi connectivity index (χ3n) is 3.07. The normalized spacial score (nSPS) is 22.1. The van der Waals surface area contributed by atoms with E-state index in [-0.39, 0.29) is 18.1 Å². The zero-order chi connectivity index (χ0) is 11.3. The maximum atomic E-state index is 11.6. The lowest BCUT2D eigenvalue weighted by molar-refractivity contribution is -0.131. The predicted octanol–water partition coefficient (Wildman–Crippen LogP) is 0.953. The Morgan fingerprint density at radius 3 is 2.53 bits per heavy atom. The van der Waals surface area contributed by atoms with Gasteiger partial charge in [-0.2, -0.15) is 0 Å². The molecule has 2 atom stereocenters. The summed E-state index contributed by atoms with van der Waals surface area (Å²) in [7, 11) is 1.55. The molecule has 1 heterocycles. The maximum absolute atomic E-state index is 11.6. The van der Waals surface area contributed by atoms with Crippen molar-refractivity contribution in [1.29, 1.82) is 0 Å². The molecule has 1 aliphatic heterocycles. The van der Waals surface area contributed by atoms with Crippen molar-refractivity contribution in [2.45, 2.75) is 38.8 Å². The second-order valence-corrected chi connectivity index (χ2v) is 4.12. The van der Waals surface area contributed by atoms with Crippen molar-refractivity contribution in [3.63, 3.8) is 0 Å². The van der Waals surface area contributed by atoms with Crippen molar-refractivity contribution in [2.75, 3.05) is 20.3 Å². The fourth-order valence-corrected chi connectivity index (χ4v) is 1.78. The van der Waals surface area contributed by atoms with Crippen LogP contribution in [0.4, 0.5) is 0 Å². The van der Waals surface area contributed by atoms with E-state index in [0.717, 1.165) is 26.1 Å². The van der Waals surface area contributed by atoms with Gasteiger partial charge in [-0.05, 0) is 32.6 Å². The molecule has 1 rings (SSSR count). The van der Waals surface area contributed by atoms with Crippen LogP contribution in [0.15, 0.2) is 0 Å². The predicted molar refractivity (Wildman–Crippen MR) is 57.6 cm³/mol. The molecule has 0 radical (unpaired) electrons. The molecule has 0 aromatic rings. The molecular weight excluding hydrogens is 194 g/mol. The lowest BCUT2D eigenvalue weighted by Crippen LogP contribution is -2.44. The average molecular weight is 215 g/mol. The molecule has 1 saturated heterocycles. The van der Waals surface area contributed by atoms with Gasteiger partial charge in [-0.1, -0.05) is 0 Å². The number of amides is 1. The van der Waals surface area contributed by atoms with Gasteiger partial charge in [0.2, 0.25) is 5.91 Å². The van der Waals surface area contributed by atoms with Crippen molar-refractivity contribution in [1.82, 2.24) is 5.32 Å². The zero-order valence-corrected chi connectivity index (χ0v) is 9.79. The van der Waals surface area contributed by atoms with E-state index in [2.05, 4.69) is 12.2 Å². The summed E-state index contributed by atoms with van der Waals surface area (Å²) in [6, 6.07) is 0.207. The van der Waals surface area contributed by atoms with Crippen LogP contribution in [0.2, 0.25) is 0 Å². The Hall–Kier alpha value is -0.610. The molecule has 88 valence electrons. The summed E-state index contributed by atoms with van der Waals surface area (Å²) in [5.41, 5.74) is 0. The molecule has 4 heteroatoms. The van der Waals surface area contributed by atoms with Crippen LogP contribution in [0.3, 0.4) is 0 Å². The van der Waals surface area contributed by atoms with Crippen molar-refractivity contribution in [3.8, 4) is 0 Å². The highest BCUT2D eigenvalue weighted by atomic mass is 16.5. The van der Waals surface area contributed by atoms with Crippen LogP contribution >= 0.6 is 0 Å². The summed E-state index contributed by atoms with van der Waals surface area (Å²) in [6.45, 7) is 5.43. The molecular formula is C11H21NO3. The highest BCUT2D eigenvalue weighted by Gasteiger charge is 2.23. The van der Waals surface area contributed by atoms with Gasteiger partial charge in [-0.25, -0.2) is 0 Å². The minimum Gasteiger partial charge on any atom is -0.381 e. The van der Waals surface area contributed by atoms with Gasteiger partial charge in [-0.3, -0.25) is 4.79 Å². The molecule has 1 N–H and O–H groups in total. The van der Waals surface area contributed by atoms with E-state index >= 15 is 0 Å². The first kappa shape index (κ1) is 12.5. The molecule has 0 aromatic carbocycles. The summed E-state index contributed by atoms with van der Waals surface area (Å²) in [5, 5.41) is 2.98. The van der Waals surface area contributed by atoms with Gasteiger partial charge in [0.05, 0.1) is 0 Å². The third kappa shape index (κ3) is 3.80. The third-order valence-corrected chi connectivity index (χ3v) is 3.07. The van der Waals surface area contributed by atoms with Crippen LogP contribution in [0.5, 0.6) is 0 Å². The number of methoxy groups -OCH3 is 1. The van der Waals surface area contributed by atoms with Gasteiger partial charge in [0.25, 0.3) is 0 Å². The van der Waals surface area contributed by atoms with E-state index in [1.807, 2.05) is 0 Å². The summed E-state index contributed by atoms with van der Waals surface area (Å²) in [4.78, 5) is 11.6. The Morgan fingerprint density at radius 1 is 1.40 bits per heavy atom. The van der Waals surface area contributed by atoms with Gasteiger partial charge in [0, 0.05) is 26.4 Å². The monoisotopic (exact) mass is 215 g/mol. The van der Waals surface area contributed by atoms with Crippen molar-refractivity contribution >= 4 is 5.91 Å². The number of ether oxygens (including phenoxy) is 2. The highest BCUT2D eigenvalue weighted by Crippen LogP contribution is 2.18. The van der Waals surface area contributed by atoms with Crippen LogP contribution in [0.1, 0.15) is 26.7 Å². The molecule has 15 heavy (non-hydrogen) atoms. The molecule has 0 bridgehead atoms. The van der Waals surface area contributed by atoms with E-state index in [1.165, 1.54) is 0 Å². The number of carbonyl (C=O) groups excluding carboxylic acids is 1. The van der Waals surface area contributed by atoms with E-state index in [9.17, 15) is 4.79 Å². The molecule has 0 aliphatic carbocycles. The smallest absolute Gasteiger partial charge is 0.249 e. The van der Waals surface area contributed by atoms with Crippen molar-refractivity contribution in [2.24, 2.45) is 5.92 Å². The molecule has 4 nitrogen and oxygen atoms in total. The number of nitrogens with one attached hydrogen (secondary N) is 1. The van der Waals surface area contributed by atoms with Crippen LogP contribution < -0.4 is 5.32 Å². The van der Waals surface area contributed by atoms with Gasteiger partial charge >= 0.3 is 0 Å². The maximum Gasteiger partial charge on any atom is 0.249 e. The van der Waals surface area contributed by atoms with Crippen LogP contribution in [0.25, 0.3) is 0 Å². The first-order chi connectivity index (χ1) is 7.15. The second-order valence-electron chi connectivity index (χ2n) is 4.12. The molecule has 0 saturated carbocycles. The summed E-state index contributed by atoms with van der Waals surface area (Å²) in [6.07, 6.45) is 1.69. The molecule has 1 aliphatic rings. The lowest BCUT2D eigenvalue weighted by Gasteiger charge is -2.29. The number of carbonyl (C=O) groups is 1. The first-order valence-corrected chi connectivity index (χ1v) is 5.56. The topological polar surface area (TPSA) is 47.6 Å². The van der Waals surface area contributed by atoms with Crippen LogP contribution in [-0.4, -0.2) is 38.4 Å². The highest BCUT2D eigenvalue weighted by molar-refractivity contribution is 5.80. The molecule has 0 aromatic heterocycles. The number of hydrogen-bond acceptors (Lipinski definition) is 3. The second kappa shape index (κ2) is 6.08. The molecule has 0 spiro atoms. The molecule has 1 amide bonds. The Bertz CT molecular complexity index is 202. The minimum atomic E-state index is -0.368. The van der Waals surface area contributed by atoms with Gasteiger partial charge in [0.1, 0.15) is 6.10 Å². The first-order valence-electron chi connectivity index (χ1n) is 5.56. The lowest BCUT2D eigenvalue weighted by atomic mass is 9.93.